The molecule has 0 saturated carbocycles. The number of rotatable bonds is 5. The van der Waals surface area contributed by atoms with Crippen LogP contribution in [0.4, 0.5) is 5.69 Å². The van der Waals surface area contributed by atoms with Gasteiger partial charge in [0.05, 0.1) is 11.6 Å². The molecule has 0 aliphatic rings. The zero-order chi connectivity index (χ0) is 15.4. The van der Waals surface area contributed by atoms with Crippen LogP contribution in [0.25, 0.3) is 0 Å². The molecule has 0 bridgehead atoms. The van der Waals surface area contributed by atoms with E-state index in [1.54, 1.807) is 16.2 Å². The van der Waals surface area contributed by atoms with E-state index in [-0.39, 0.29) is 11.9 Å². The molecule has 0 spiro atoms. The molecule has 112 valence electrons. The van der Waals surface area contributed by atoms with Crippen LogP contribution in [-0.4, -0.2) is 24.4 Å². The minimum Gasteiger partial charge on any atom is -0.385 e. The Morgan fingerprint density at radius 2 is 2.00 bits per heavy atom. The predicted molar refractivity (Wildman–Crippen MR) is 90.2 cm³/mol. The lowest BCUT2D eigenvalue weighted by Gasteiger charge is -2.25. The number of anilines is 1. The first-order chi connectivity index (χ1) is 10.0. The molecule has 1 atom stereocenters. The number of thiophene rings is 1. The second-order valence-corrected chi connectivity index (χ2v) is 6.44. The molecule has 4 heteroatoms. The van der Waals surface area contributed by atoms with Crippen LogP contribution in [0.15, 0.2) is 36.4 Å². The number of aryl methyl sites for hydroxylation is 1. The molecule has 3 nitrogen and oxygen atoms in total. The summed E-state index contributed by atoms with van der Waals surface area (Å²) in [7, 11) is 1.87. The van der Waals surface area contributed by atoms with Gasteiger partial charge < -0.3 is 10.2 Å². The Labute approximate surface area is 130 Å². The van der Waals surface area contributed by atoms with E-state index in [4.69, 9.17) is 0 Å². The van der Waals surface area contributed by atoms with E-state index in [1.807, 2.05) is 38.2 Å². The van der Waals surface area contributed by atoms with Crippen LogP contribution in [0.1, 0.15) is 40.0 Å². The van der Waals surface area contributed by atoms with Gasteiger partial charge in [0.15, 0.2) is 0 Å². The SMILES string of the molecule is CCNc1ccccc1C(=O)N(C)C(C)c1ccc(C)s1. The summed E-state index contributed by atoms with van der Waals surface area (Å²) < 4.78 is 0. The lowest BCUT2D eigenvalue weighted by Crippen LogP contribution is -2.29. The van der Waals surface area contributed by atoms with Gasteiger partial charge in [-0.25, -0.2) is 0 Å². The molecule has 2 aromatic rings. The second kappa shape index (κ2) is 6.76. The summed E-state index contributed by atoms with van der Waals surface area (Å²) in [6.45, 7) is 6.98. The first kappa shape index (κ1) is 15.6. The Morgan fingerprint density at radius 1 is 1.29 bits per heavy atom. The van der Waals surface area contributed by atoms with Crippen LogP contribution in [-0.2, 0) is 0 Å². The second-order valence-electron chi connectivity index (χ2n) is 5.12. The number of hydrogen-bond acceptors (Lipinski definition) is 3. The summed E-state index contributed by atoms with van der Waals surface area (Å²) in [6.07, 6.45) is 0. The van der Waals surface area contributed by atoms with E-state index in [0.717, 1.165) is 17.8 Å². The normalized spacial score (nSPS) is 12.0. The van der Waals surface area contributed by atoms with Gasteiger partial charge in [-0.05, 0) is 45.0 Å². The predicted octanol–water partition coefficient (Wildman–Crippen LogP) is 4.32. The number of carbonyl (C=O) groups is 1. The molecule has 1 heterocycles. The lowest BCUT2D eigenvalue weighted by atomic mass is 10.1. The Morgan fingerprint density at radius 3 is 2.62 bits per heavy atom. The Balaban J connectivity index is 2.23. The minimum absolute atomic E-state index is 0.0464. The van der Waals surface area contributed by atoms with Crippen molar-refractivity contribution in [2.75, 3.05) is 18.9 Å². The van der Waals surface area contributed by atoms with Crippen LogP contribution >= 0.6 is 11.3 Å². The van der Waals surface area contributed by atoms with Gasteiger partial charge in [-0.3, -0.25) is 4.79 Å². The minimum atomic E-state index is 0.0464. The number of nitrogens with one attached hydrogen (secondary N) is 1. The van der Waals surface area contributed by atoms with Gasteiger partial charge in [0.2, 0.25) is 0 Å². The van der Waals surface area contributed by atoms with Crippen molar-refractivity contribution >= 4 is 22.9 Å². The van der Waals surface area contributed by atoms with Gasteiger partial charge in [0.25, 0.3) is 5.91 Å². The molecule has 1 unspecified atom stereocenters. The standard InChI is InChI=1S/C17H22N2OS/c1-5-18-15-9-7-6-8-14(15)17(20)19(4)13(3)16-11-10-12(2)21-16/h6-11,13,18H,5H2,1-4H3. The highest BCUT2D eigenvalue weighted by atomic mass is 32.1. The third-order valence-corrected chi connectivity index (χ3v) is 4.77. The molecule has 21 heavy (non-hydrogen) atoms. The summed E-state index contributed by atoms with van der Waals surface area (Å²) in [5.41, 5.74) is 1.62. The molecular formula is C17H22N2OS. The number of nitrogens with zero attached hydrogens (tertiary/aromatic N) is 1. The molecule has 1 N–H and O–H groups in total. The van der Waals surface area contributed by atoms with Gasteiger partial charge in [-0.15, -0.1) is 11.3 Å². The van der Waals surface area contributed by atoms with Crippen molar-refractivity contribution in [1.82, 2.24) is 4.90 Å². The first-order valence-corrected chi connectivity index (χ1v) is 8.02. The lowest BCUT2D eigenvalue weighted by molar-refractivity contribution is 0.0746. The molecular weight excluding hydrogens is 280 g/mol. The van der Waals surface area contributed by atoms with Gasteiger partial charge in [-0.1, -0.05) is 12.1 Å². The highest BCUT2D eigenvalue weighted by molar-refractivity contribution is 7.12. The van der Waals surface area contributed by atoms with Crippen LogP contribution in [0.2, 0.25) is 0 Å². The summed E-state index contributed by atoms with van der Waals surface area (Å²) in [6, 6.07) is 12.0. The highest BCUT2D eigenvalue weighted by Crippen LogP contribution is 2.28. The maximum absolute atomic E-state index is 12.8. The summed E-state index contributed by atoms with van der Waals surface area (Å²) in [4.78, 5) is 17.0. The highest BCUT2D eigenvalue weighted by Gasteiger charge is 2.21. The van der Waals surface area contributed by atoms with Crippen molar-refractivity contribution in [2.24, 2.45) is 0 Å². The average Bonchev–Trinajstić information content (AvgIpc) is 2.92. The molecule has 0 radical (unpaired) electrons. The van der Waals surface area contributed by atoms with E-state index in [2.05, 4.69) is 31.3 Å². The number of hydrogen-bond donors (Lipinski definition) is 1. The monoisotopic (exact) mass is 302 g/mol. The van der Waals surface area contributed by atoms with Crippen LogP contribution < -0.4 is 5.32 Å². The fourth-order valence-electron chi connectivity index (χ4n) is 2.25. The van der Waals surface area contributed by atoms with Crippen molar-refractivity contribution in [1.29, 1.82) is 0 Å². The van der Waals surface area contributed by atoms with Gasteiger partial charge >= 0.3 is 0 Å². The molecule has 1 amide bonds. The zero-order valence-electron chi connectivity index (χ0n) is 13.0. The van der Waals surface area contributed by atoms with E-state index < -0.39 is 0 Å². The Bertz CT molecular complexity index is 621. The van der Waals surface area contributed by atoms with E-state index >= 15 is 0 Å². The molecule has 0 aliphatic heterocycles. The van der Waals surface area contributed by atoms with Crippen molar-refractivity contribution in [3.05, 3.63) is 51.7 Å². The number of benzene rings is 1. The number of amides is 1. The summed E-state index contributed by atoms with van der Waals surface area (Å²) in [5.74, 6) is 0.0464. The topological polar surface area (TPSA) is 32.3 Å². The van der Waals surface area contributed by atoms with Gasteiger partial charge in [0.1, 0.15) is 0 Å². The molecule has 1 aromatic carbocycles. The van der Waals surface area contributed by atoms with Crippen LogP contribution in [0, 0.1) is 6.92 Å². The van der Waals surface area contributed by atoms with Crippen molar-refractivity contribution < 1.29 is 4.79 Å². The summed E-state index contributed by atoms with van der Waals surface area (Å²) in [5, 5.41) is 3.25. The molecule has 1 aromatic heterocycles. The fraction of sp³-hybridized carbons (Fsp3) is 0.353. The molecule has 0 aliphatic carbocycles. The smallest absolute Gasteiger partial charge is 0.256 e. The first-order valence-electron chi connectivity index (χ1n) is 7.21. The van der Waals surface area contributed by atoms with Crippen molar-refractivity contribution in [3.63, 3.8) is 0 Å². The van der Waals surface area contributed by atoms with Gasteiger partial charge in [-0.2, -0.15) is 0 Å². The zero-order valence-corrected chi connectivity index (χ0v) is 13.8. The maximum Gasteiger partial charge on any atom is 0.256 e. The van der Waals surface area contributed by atoms with Crippen LogP contribution in [0.5, 0.6) is 0 Å². The molecule has 0 fully saturated rings. The average molecular weight is 302 g/mol. The third kappa shape index (κ3) is 3.45. The Hall–Kier alpha value is -1.81. The number of carbonyl (C=O) groups excluding carboxylic acids is 1. The maximum atomic E-state index is 12.8. The van der Waals surface area contributed by atoms with Crippen molar-refractivity contribution in [2.45, 2.75) is 26.8 Å². The van der Waals surface area contributed by atoms with Crippen LogP contribution in [0.3, 0.4) is 0 Å². The van der Waals surface area contributed by atoms with Crippen molar-refractivity contribution in [3.8, 4) is 0 Å². The largest absolute Gasteiger partial charge is 0.385 e. The van der Waals surface area contributed by atoms with E-state index in [1.165, 1.54) is 9.75 Å². The van der Waals surface area contributed by atoms with E-state index in [9.17, 15) is 4.79 Å². The van der Waals surface area contributed by atoms with E-state index in [0.29, 0.717) is 0 Å². The van der Waals surface area contributed by atoms with Gasteiger partial charge in [0, 0.05) is 29.0 Å². The quantitative estimate of drug-likeness (QED) is 0.892. The fourth-order valence-corrected chi connectivity index (χ4v) is 3.22. The third-order valence-electron chi connectivity index (χ3n) is 3.60. The molecule has 0 saturated heterocycles. The Kier molecular flexibility index (Phi) is 5.02. The molecule has 2 rings (SSSR count). The number of para-hydroxylation sites is 1. The summed E-state index contributed by atoms with van der Waals surface area (Å²) >= 11 is 1.74.